The van der Waals surface area contributed by atoms with Crippen LogP contribution in [0.2, 0.25) is 0 Å². The van der Waals surface area contributed by atoms with Gasteiger partial charge in [0.25, 0.3) is 0 Å². The average molecular weight is 294 g/mol. The number of benzene rings is 1. The van der Waals surface area contributed by atoms with E-state index < -0.39 is 11.7 Å². The maximum absolute atomic E-state index is 12.3. The first-order valence-corrected chi connectivity index (χ1v) is 5.29. The van der Waals surface area contributed by atoms with Crippen LogP contribution in [0.3, 0.4) is 0 Å². The number of aliphatic imine (C=N–C) groups is 1. The smallest absolute Gasteiger partial charge is 0.325 e. The van der Waals surface area contributed by atoms with Crippen LogP contribution in [0, 0.1) is 5.41 Å². The molecule has 0 saturated carbocycles. The predicted molar refractivity (Wildman–Crippen MR) is 72.6 cm³/mol. The molecule has 1 rings (SSSR count). The van der Waals surface area contributed by atoms with E-state index in [9.17, 15) is 13.2 Å². The summed E-state index contributed by atoms with van der Waals surface area (Å²) >= 11 is 0. The number of nitrogens with one attached hydrogen (secondary N) is 1. The van der Waals surface area contributed by atoms with E-state index >= 15 is 0 Å². The number of nitrogens with zero attached hydrogens (tertiary/aromatic N) is 1. The summed E-state index contributed by atoms with van der Waals surface area (Å²) in [6.45, 7) is 1.99. The Morgan fingerprint density at radius 2 is 1.79 bits per heavy atom. The summed E-state index contributed by atoms with van der Waals surface area (Å²) in [5, 5.41) is 7.33. The fraction of sp³-hybridized carbons (Fsp3) is 0.333. The van der Waals surface area contributed by atoms with Crippen LogP contribution in [0.5, 0.6) is 0 Å². The highest BCUT2D eigenvalue weighted by atomic mass is 35.5. The Hall–Kier alpha value is -1.40. The monoisotopic (exact) mass is 293 g/mol. The minimum Gasteiger partial charge on any atom is -0.325 e. The Bertz CT molecular complexity index is 452. The van der Waals surface area contributed by atoms with Gasteiger partial charge in [0, 0.05) is 18.0 Å². The Labute approximate surface area is 115 Å². The van der Waals surface area contributed by atoms with Crippen molar-refractivity contribution in [2.75, 3.05) is 13.1 Å². The Morgan fingerprint density at radius 3 is 2.21 bits per heavy atom. The summed E-state index contributed by atoms with van der Waals surface area (Å²) < 4.78 is 37.0. The molecule has 0 amide bonds. The van der Waals surface area contributed by atoms with E-state index in [0.717, 1.165) is 12.1 Å². The van der Waals surface area contributed by atoms with Crippen molar-refractivity contribution in [1.29, 1.82) is 5.41 Å². The quantitative estimate of drug-likeness (QED) is 0.824. The summed E-state index contributed by atoms with van der Waals surface area (Å²) in [6.07, 6.45) is -4.33. The van der Waals surface area contributed by atoms with Gasteiger partial charge in [0.05, 0.1) is 12.1 Å². The van der Waals surface area contributed by atoms with Crippen LogP contribution >= 0.6 is 12.4 Å². The van der Waals surface area contributed by atoms with Crippen molar-refractivity contribution in [3.05, 3.63) is 35.4 Å². The van der Waals surface area contributed by atoms with Crippen molar-refractivity contribution in [3.63, 3.8) is 0 Å². The molecule has 0 aliphatic carbocycles. The van der Waals surface area contributed by atoms with Gasteiger partial charge in [-0.05, 0) is 24.6 Å². The first kappa shape index (κ1) is 17.6. The van der Waals surface area contributed by atoms with E-state index in [-0.39, 0.29) is 31.2 Å². The van der Waals surface area contributed by atoms with Crippen LogP contribution in [0.4, 0.5) is 13.2 Å². The molecule has 0 aliphatic rings. The third-order valence-corrected chi connectivity index (χ3v) is 2.38. The molecular weight excluding hydrogens is 279 g/mol. The maximum Gasteiger partial charge on any atom is 0.416 e. The minimum atomic E-state index is -4.33. The second kappa shape index (κ2) is 7.25. The molecule has 1 aromatic carbocycles. The number of alkyl halides is 3. The van der Waals surface area contributed by atoms with Crippen LogP contribution in [-0.2, 0) is 6.18 Å². The molecule has 0 saturated heterocycles. The van der Waals surface area contributed by atoms with Crippen LogP contribution in [0.1, 0.15) is 18.1 Å². The highest BCUT2D eigenvalue weighted by Crippen LogP contribution is 2.29. The lowest BCUT2D eigenvalue weighted by atomic mass is 10.1. The highest BCUT2D eigenvalue weighted by molar-refractivity contribution is 6.00. The predicted octanol–water partition coefficient (Wildman–Crippen LogP) is 2.91. The topological polar surface area (TPSA) is 62.2 Å². The molecule has 1 aromatic rings. The van der Waals surface area contributed by atoms with Gasteiger partial charge in [0.15, 0.2) is 0 Å². The second-order valence-electron chi connectivity index (χ2n) is 3.78. The summed E-state index contributed by atoms with van der Waals surface area (Å²) in [5.74, 6) is 0. The second-order valence-corrected chi connectivity index (χ2v) is 3.78. The summed E-state index contributed by atoms with van der Waals surface area (Å²) in [5.41, 5.74) is 6.03. The van der Waals surface area contributed by atoms with E-state index in [4.69, 9.17) is 11.1 Å². The molecule has 0 bridgehead atoms. The largest absolute Gasteiger partial charge is 0.416 e. The molecule has 0 aromatic heterocycles. The van der Waals surface area contributed by atoms with E-state index in [1.807, 2.05) is 0 Å². The molecule has 0 fully saturated rings. The van der Waals surface area contributed by atoms with Crippen LogP contribution < -0.4 is 5.73 Å². The average Bonchev–Trinajstić information content (AvgIpc) is 2.34. The molecule has 0 radical (unpaired) electrons. The molecule has 0 atom stereocenters. The normalized spacial score (nSPS) is 11.9. The van der Waals surface area contributed by atoms with E-state index in [1.54, 1.807) is 6.92 Å². The molecule has 0 unspecified atom stereocenters. The first-order chi connectivity index (χ1) is 8.34. The fourth-order valence-electron chi connectivity index (χ4n) is 1.27. The Morgan fingerprint density at radius 1 is 1.26 bits per heavy atom. The van der Waals surface area contributed by atoms with Crippen LogP contribution in [-0.4, -0.2) is 24.5 Å². The Balaban J connectivity index is 0.00000324. The molecule has 0 aliphatic heterocycles. The van der Waals surface area contributed by atoms with Crippen LogP contribution in [0.15, 0.2) is 29.3 Å². The molecule has 19 heavy (non-hydrogen) atoms. The molecule has 0 spiro atoms. The third kappa shape index (κ3) is 5.40. The van der Waals surface area contributed by atoms with Gasteiger partial charge in [-0.1, -0.05) is 12.1 Å². The number of halogens is 4. The Kier molecular flexibility index (Phi) is 6.72. The van der Waals surface area contributed by atoms with Crippen molar-refractivity contribution in [2.24, 2.45) is 10.7 Å². The lowest BCUT2D eigenvalue weighted by molar-refractivity contribution is -0.137. The summed E-state index contributed by atoms with van der Waals surface area (Å²) in [4.78, 5) is 4.09. The summed E-state index contributed by atoms with van der Waals surface area (Å²) in [7, 11) is 0. The number of hydrogen-bond donors (Lipinski definition) is 2. The molecule has 3 N–H and O–H groups in total. The standard InChI is InChI=1S/C12H14F3N3.ClH/c1-8(18-7-11(17)6-16)9-2-4-10(5-3-9)12(13,14)15;/h2-5,17H,6-7,16H2,1H3;1H. The van der Waals surface area contributed by atoms with Gasteiger partial charge in [-0.15, -0.1) is 12.4 Å². The van der Waals surface area contributed by atoms with Crippen molar-refractivity contribution in [2.45, 2.75) is 13.1 Å². The zero-order chi connectivity index (χ0) is 13.8. The third-order valence-electron chi connectivity index (χ3n) is 2.38. The van der Waals surface area contributed by atoms with Gasteiger partial charge in [-0.3, -0.25) is 4.99 Å². The van der Waals surface area contributed by atoms with Gasteiger partial charge in [-0.2, -0.15) is 13.2 Å². The highest BCUT2D eigenvalue weighted by Gasteiger charge is 2.29. The summed E-state index contributed by atoms with van der Waals surface area (Å²) in [6, 6.07) is 4.77. The van der Waals surface area contributed by atoms with Crippen molar-refractivity contribution in [3.8, 4) is 0 Å². The number of nitrogens with two attached hydrogens (primary N) is 1. The van der Waals surface area contributed by atoms with Crippen LogP contribution in [0.25, 0.3) is 0 Å². The van der Waals surface area contributed by atoms with Gasteiger partial charge < -0.3 is 11.1 Å². The van der Waals surface area contributed by atoms with E-state index in [1.165, 1.54) is 12.1 Å². The molecule has 0 heterocycles. The van der Waals surface area contributed by atoms with Gasteiger partial charge in [-0.25, -0.2) is 0 Å². The van der Waals surface area contributed by atoms with Crippen molar-refractivity contribution < 1.29 is 13.2 Å². The molecule has 3 nitrogen and oxygen atoms in total. The number of rotatable bonds is 4. The minimum absolute atomic E-state index is 0. The van der Waals surface area contributed by atoms with E-state index in [2.05, 4.69) is 4.99 Å². The maximum atomic E-state index is 12.3. The first-order valence-electron chi connectivity index (χ1n) is 5.29. The lowest BCUT2D eigenvalue weighted by Crippen LogP contribution is -2.16. The SMILES string of the molecule is CC(=NCC(=N)CN)c1ccc(C(F)(F)F)cc1.Cl. The van der Waals surface area contributed by atoms with Gasteiger partial charge in [0.2, 0.25) is 0 Å². The molecule has 7 heteroatoms. The van der Waals surface area contributed by atoms with Gasteiger partial charge >= 0.3 is 6.18 Å². The zero-order valence-electron chi connectivity index (χ0n) is 10.3. The molecular formula is C12H15ClF3N3. The van der Waals surface area contributed by atoms with Gasteiger partial charge in [0.1, 0.15) is 0 Å². The number of hydrogen-bond acceptors (Lipinski definition) is 3. The fourth-order valence-corrected chi connectivity index (χ4v) is 1.27. The van der Waals surface area contributed by atoms with Crippen molar-refractivity contribution in [1.82, 2.24) is 0 Å². The lowest BCUT2D eigenvalue weighted by Gasteiger charge is -2.07. The zero-order valence-corrected chi connectivity index (χ0v) is 11.1. The molecule has 106 valence electrons. The van der Waals surface area contributed by atoms with Crippen molar-refractivity contribution >= 4 is 23.8 Å². The van der Waals surface area contributed by atoms with E-state index in [0.29, 0.717) is 11.3 Å².